The van der Waals surface area contributed by atoms with Crippen molar-refractivity contribution in [3.63, 3.8) is 0 Å². The summed E-state index contributed by atoms with van der Waals surface area (Å²) in [5.41, 5.74) is 0. The fourth-order valence-corrected chi connectivity index (χ4v) is 3.14. The van der Waals surface area contributed by atoms with Gasteiger partial charge in [-0.2, -0.15) is 0 Å². The van der Waals surface area contributed by atoms with Gasteiger partial charge in [-0.3, -0.25) is 0 Å². The fourth-order valence-electron chi connectivity index (χ4n) is 1.81. The minimum absolute atomic E-state index is 0.359. The second-order valence-electron chi connectivity index (χ2n) is 4.41. The Labute approximate surface area is 126 Å². The quantitative estimate of drug-likeness (QED) is 0.899. The number of thiophene rings is 1. The summed E-state index contributed by atoms with van der Waals surface area (Å²) >= 11 is 5.35. The number of halogens is 1. The maximum Gasteiger partial charge on any atom is 0.149 e. The zero-order chi connectivity index (χ0) is 13.8. The maximum atomic E-state index is 4.42. The van der Waals surface area contributed by atoms with Crippen LogP contribution in [0.3, 0.4) is 0 Å². The van der Waals surface area contributed by atoms with Crippen LogP contribution in [0.1, 0.15) is 18.7 Å². The molecule has 0 saturated heterocycles. The Balaban J connectivity index is 2.34. The summed E-state index contributed by atoms with van der Waals surface area (Å²) in [4.78, 5) is 12.2. The molecule has 4 nitrogen and oxygen atoms in total. The van der Waals surface area contributed by atoms with E-state index in [1.165, 1.54) is 4.88 Å². The Hall–Kier alpha value is -1.14. The van der Waals surface area contributed by atoms with Gasteiger partial charge < -0.3 is 10.2 Å². The lowest BCUT2D eigenvalue weighted by Crippen LogP contribution is -2.31. The van der Waals surface area contributed by atoms with E-state index in [2.05, 4.69) is 67.5 Å². The average molecular weight is 341 g/mol. The summed E-state index contributed by atoms with van der Waals surface area (Å²) in [5.74, 6) is 1.73. The van der Waals surface area contributed by atoms with Crippen molar-refractivity contribution in [3.05, 3.63) is 33.2 Å². The van der Waals surface area contributed by atoms with Crippen molar-refractivity contribution in [2.75, 3.05) is 17.3 Å². The van der Waals surface area contributed by atoms with Gasteiger partial charge in [0, 0.05) is 18.0 Å². The number of hydrogen-bond acceptors (Lipinski definition) is 5. The second-order valence-corrected chi connectivity index (χ2v) is 6.24. The highest BCUT2D eigenvalue weighted by atomic mass is 79.9. The van der Waals surface area contributed by atoms with Gasteiger partial charge in [0.2, 0.25) is 0 Å². The van der Waals surface area contributed by atoms with Gasteiger partial charge in [0.05, 0.1) is 6.54 Å². The molecule has 2 heterocycles. The van der Waals surface area contributed by atoms with E-state index >= 15 is 0 Å². The van der Waals surface area contributed by atoms with E-state index in [1.807, 2.05) is 7.05 Å². The van der Waals surface area contributed by atoms with E-state index in [1.54, 1.807) is 17.7 Å². The van der Waals surface area contributed by atoms with Gasteiger partial charge in [0.15, 0.2) is 0 Å². The topological polar surface area (TPSA) is 41.1 Å². The Kier molecular flexibility index (Phi) is 4.76. The third kappa shape index (κ3) is 3.25. The van der Waals surface area contributed by atoms with Crippen LogP contribution >= 0.6 is 27.3 Å². The molecular formula is C13H17BrN4S. The highest BCUT2D eigenvalue weighted by Gasteiger charge is 2.18. The smallest absolute Gasteiger partial charge is 0.149 e. The van der Waals surface area contributed by atoms with Crippen LogP contribution in [-0.2, 0) is 6.54 Å². The molecule has 0 bridgehead atoms. The van der Waals surface area contributed by atoms with Crippen LogP contribution in [0.4, 0.5) is 11.6 Å². The largest absolute Gasteiger partial charge is 0.372 e. The van der Waals surface area contributed by atoms with E-state index in [0.29, 0.717) is 6.04 Å². The first-order chi connectivity index (χ1) is 9.13. The van der Waals surface area contributed by atoms with Crippen LogP contribution in [0.15, 0.2) is 28.3 Å². The van der Waals surface area contributed by atoms with Gasteiger partial charge in [0.1, 0.15) is 22.4 Å². The predicted molar refractivity (Wildman–Crippen MR) is 84.9 cm³/mol. The molecule has 2 rings (SSSR count). The van der Waals surface area contributed by atoms with Gasteiger partial charge in [-0.1, -0.05) is 6.07 Å². The van der Waals surface area contributed by atoms with Crippen LogP contribution in [0.5, 0.6) is 0 Å². The molecule has 1 N–H and O–H groups in total. The number of nitrogens with zero attached hydrogens (tertiary/aromatic N) is 3. The van der Waals surface area contributed by atoms with E-state index in [0.717, 1.165) is 22.7 Å². The van der Waals surface area contributed by atoms with Crippen LogP contribution < -0.4 is 10.2 Å². The first kappa shape index (κ1) is 14.3. The average Bonchev–Trinajstić information content (AvgIpc) is 2.89. The summed E-state index contributed by atoms with van der Waals surface area (Å²) < 4.78 is 0.905. The van der Waals surface area contributed by atoms with Gasteiger partial charge in [-0.15, -0.1) is 11.3 Å². The van der Waals surface area contributed by atoms with Crippen molar-refractivity contribution in [2.24, 2.45) is 0 Å². The number of nitrogens with one attached hydrogen (secondary N) is 1. The number of rotatable bonds is 5. The van der Waals surface area contributed by atoms with Crippen molar-refractivity contribution >= 4 is 38.9 Å². The number of hydrogen-bond donors (Lipinski definition) is 1. The van der Waals surface area contributed by atoms with E-state index in [9.17, 15) is 0 Å². The molecule has 102 valence electrons. The van der Waals surface area contributed by atoms with E-state index in [-0.39, 0.29) is 0 Å². The summed E-state index contributed by atoms with van der Waals surface area (Å²) in [6, 6.07) is 4.58. The van der Waals surface area contributed by atoms with Crippen LogP contribution in [0.2, 0.25) is 0 Å². The zero-order valence-corrected chi connectivity index (χ0v) is 13.6. The Morgan fingerprint density at radius 1 is 1.42 bits per heavy atom. The third-order valence-electron chi connectivity index (χ3n) is 2.81. The highest BCUT2D eigenvalue weighted by Crippen LogP contribution is 2.31. The molecule has 0 unspecified atom stereocenters. The number of aromatic nitrogens is 2. The second kappa shape index (κ2) is 6.34. The minimum atomic E-state index is 0.359. The monoisotopic (exact) mass is 340 g/mol. The molecule has 0 aliphatic carbocycles. The standard InChI is InChI=1S/C13H17BrN4S/c1-9(2)18(7-10-5-4-6-19-10)13-11(14)12(15-3)16-8-17-13/h4-6,8-9H,7H2,1-3H3,(H,15,16,17). The maximum absolute atomic E-state index is 4.42. The van der Waals surface area contributed by atoms with Crippen LogP contribution in [-0.4, -0.2) is 23.1 Å². The van der Waals surface area contributed by atoms with E-state index < -0.39 is 0 Å². The Morgan fingerprint density at radius 3 is 2.79 bits per heavy atom. The molecule has 19 heavy (non-hydrogen) atoms. The molecule has 2 aromatic rings. The molecule has 0 amide bonds. The summed E-state index contributed by atoms with van der Waals surface area (Å²) in [6.45, 7) is 5.19. The minimum Gasteiger partial charge on any atom is -0.372 e. The lowest BCUT2D eigenvalue weighted by atomic mass is 10.3. The lowest BCUT2D eigenvalue weighted by Gasteiger charge is -2.28. The van der Waals surface area contributed by atoms with E-state index in [4.69, 9.17) is 0 Å². The van der Waals surface area contributed by atoms with Crippen molar-refractivity contribution < 1.29 is 0 Å². The molecule has 0 aromatic carbocycles. The molecule has 0 atom stereocenters. The number of anilines is 2. The highest BCUT2D eigenvalue weighted by molar-refractivity contribution is 9.10. The SMILES string of the molecule is CNc1ncnc(N(Cc2cccs2)C(C)C)c1Br. The van der Waals surface area contributed by atoms with Gasteiger partial charge in [-0.25, -0.2) is 9.97 Å². The van der Waals surface area contributed by atoms with Crippen molar-refractivity contribution in [2.45, 2.75) is 26.4 Å². The van der Waals surface area contributed by atoms with Crippen molar-refractivity contribution in [1.29, 1.82) is 0 Å². The molecule has 6 heteroatoms. The first-order valence-electron chi connectivity index (χ1n) is 6.10. The summed E-state index contributed by atoms with van der Waals surface area (Å²) in [6.07, 6.45) is 1.59. The third-order valence-corrected chi connectivity index (χ3v) is 4.40. The van der Waals surface area contributed by atoms with Crippen molar-refractivity contribution in [3.8, 4) is 0 Å². The first-order valence-corrected chi connectivity index (χ1v) is 7.78. The predicted octanol–water partition coefficient (Wildman–Crippen LogP) is 3.76. The van der Waals surface area contributed by atoms with Crippen molar-refractivity contribution in [1.82, 2.24) is 9.97 Å². The Bertz CT molecular complexity index is 527. The molecule has 2 aromatic heterocycles. The van der Waals surface area contributed by atoms with Crippen LogP contribution in [0.25, 0.3) is 0 Å². The molecule has 0 saturated carbocycles. The zero-order valence-electron chi connectivity index (χ0n) is 11.2. The van der Waals surface area contributed by atoms with Gasteiger partial charge in [0.25, 0.3) is 0 Å². The molecular weight excluding hydrogens is 324 g/mol. The summed E-state index contributed by atoms with van der Waals surface area (Å²) in [5, 5.41) is 5.17. The fraction of sp³-hybridized carbons (Fsp3) is 0.385. The molecule has 0 aliphatic heterocycles. The lowest BCUT2D eigenvalue weighted by molar-refractivity contribution is 0.674. The molecule has 0 aliphatic rings. The molecule has 0 spiro atoms. The van der Waals surface area contributed by atoms with Gasteiger partial charge >= 0.3 is 0 Å². The summed E-state index contributed by atoms with van der Waals surface area (Å²) in [7, 11) is 1.86. The Morgan fingerprint density at radius 2 is 2.21 bits per heavy atom. The molecule has 0 radical (unpaired) electrons. The van der Waals surface area contributed by atoms with Gasteiger partial charge in [-0.05, 0) is 41.2 Å². The van der Waals surface area contributed by atoms with Crippen LogP contribution in [0, 0.1) is 0 Å². The normalized spacial score (nSPS) is 10.8. The molecule has 0 fully saturated rings.